The minimum Gasteiger partial charge on any atom is -0.395 e. The molecule has 3 nitrogen and oxygen atoms in total. The minimum absolute atomic E-state index is 0.258. The molecule has 0 aromatic rings. The van der Waals surface area contributed by atoms with Gasteiger partial charge in [0.05, 0.1) is 34.3 Å². The average molecular weight is 161 g/mol. The minimum atomic E-state index is 0.258. The Morgan fingerprint density at radius 2 is 1.73 bits per heavy atom. The molecular formula is C8H21N2O+. The van der Waals surface area contributed by atoms with E-state index in [1.807, 2.05) is 7.05 Å². The standard InChI is InChI=1S/C8H21N2O/c1-9(6-8-11)5-7-10(2,3)4/h11H,5-8H2,1-4H3/q+1. The highest BCUT2D eigenvalue weighted by Gasteiger charge is 2.07. The molecule has 0 saturated heterocycles. The molecule has 0 atom stereocenters. The summed E-state index contributed by atoms with van der Waals surface area (Å²) in [7, 11) is 8.55. The van der Waals surface area contributed by atoms with E-state index in [2.05, 4.69) is 26.0 Å². The van der Waals surface area contributed by atoms with E-state index < -0.39 is 0 Å². The van der Waals surface area contributed by atoms with Crippen molar-refractivity contribution in [1.29, 1.82) is 0 Å². The lowest BCUT2D eigenvalue weighted by molar-refractivity contribution is -0.869. The Hall–Kier alpha value is -0.120. The Labute approximate surface area is 69.8 Å². The Morgan fingerprint density at radius 3 is 2.09 bits per heavy atom. The van der Waals surface area contributed by atoms with Crippen LogP contribution in [0.5, 0.6) is 0 Å². The van der Waals surface area contributed by atoms with E-state index in [-0.39, 0.29) is 6.61 Å². The molecule has 3 heteroatoms. The largest absolute Gasteiger partial charge is 0.395 e. The lowest BCUT2D eigenvalue weighted by Gasteiger charge is -2.26. The third-order valence-corrected chi connectivity index (χ3v) is 1.63. The maximum Gasteiger partial charge on any atom is 0.0909 e. The van der Waals surface area contributed by atoms with Crippen LogP contribution >= 0.6 is 0 Å². The van der Waals surface area contributed by atoms with E-state index in [1.54, 1.807) is 0 Å². The van der Waals surface area contributed by atoms with Crippen molar-refractivity contribution in [2.75, 3.05) is 54.4 Å². The van der Waals surface area contributed by atoms with Crippen molar-refractivity contribution < 1.29 is 9.59 Å². The van der Waals surface area contributed by atoms with Crippen molar-refractivity contribution in [1.82, 2.24) is 4.90 Å². The first-order valence-electron chi connectivity index (χ1n) is 4.05. The fourth-order valence-corrected chi connectivity index (χ4v) is 0.753. The molecule has 0 fully saturated rings. The summed E-state index contributed by atoms with van der Waals surface area (Å²) in [6, 6.07) is 0. The van der Waals surface area contributed by atoms with Gasteiger partial charge in [0.15, 0.2) is 0 Å². The van der Waals surface area contributed by atoms with E-state index in [9.17, 15) is 0 Å². The second-order valence-electron chi connectivity index (χ2n) is 4.04. The van der Waals surface area contributed by atoms with Crippen molar-refractivity contribution in [3.63, 3.8) is 0 Å². The zero-order chi connectivity index (χ0) is 8.91. The molecule has 68 valence electrons. The summed E-state index contributed by atoms with van der Waals surface area (Å²) < 4.78 is 0.982. The van der Waals surface area contributed by atoms with Crippen LogP contribution in [-0.4, -0.2) is 68.9 Å². The van der Waals surface area contributed by atoms with Crippen LogP contribution in [0, 0.1) is 0 Å². The zero-order valence-corrected chi connectivity index (χ0v) is 8.17. The fraction of sp³-hybridized carbons (Fsp3) is 1.00. The van der Waals surface area contributed by atoms with Gasteiger partial charge in [0.25, 0.3) is 0 Å². The monoisotopic (exact) mass is 161 g/mol. The van der Waals surface area contributed by atoms with Gasteiger partial charge >= 0.3 is 0 Å². The van der Waals surface area contributed by atoms with Crippen molar-refractivity contribution in [3.8, 4) is 0 Å². The quantitative estimate of drug-likeness (QED) is 0.555. The molecule has 11 heavy (non-hydrogen) atoms. The van der Waals surface area contributed by atoms with Crippen molar-refractivity contribution in [2.45, 2.75) is 0 Å². The lowest BCUT2D eigenvalue weighted by atomic mass is 10.4. The summed E-state index contributed by atoms with van der Waals surface area (Å²) in [5.74, 6) is 0. The third kappa shape index (κ3) is 7.78. The van der Waals surface area contributed by atoms with E-state index >= 15 is 0 Å². The molecule has 0 spiro atoms. The van der Waals surface area contributed by atoms with Crippen molar-refractivity contribution in [2.24, 2.45) is 0 Å². The van der Waals surface area contributed by atoms with E-state index in [0.29, 0.717) is 0 Å². The zero-order valence-electron chi connectivity index (χ0n) is 8.17. The number of aliphatic hydroxyl groups excluding tert-OH is 1. The van der Waals surface area contributed by atoms with Gasteiger partial charge in [0.1, 0.15) is 0 Å². The first-order valence-corrected chi connectivity index (χ1v) is 4.05. The van der Waals surface area contributed by atoms with Crippen LogP contribution in [0.3, 0.4) is 0 Å². The molecule has 0 aromatic heterocycles. The molecule has 0 aliphatic heterocycles. The SMILES string of the molecule is CN(CCO)CC[N+](C)(C)C. The van der Waals surface area contributed by atoms with Gasteiger partial charge in [-0.3, -0.25) is 4.90 Å². The van der Waals surface area contributed by atoms with Gasteiger partial charge in [-0.1, -0.05) is 0 Å². The smallest absolute Gasteiger partial charge is 0.0909 e. The predicted octanol–water partition coefficient (Wildman–Crippen LogP) is -0.383. The van der Waals surface area contributed by atoms with Crippen LogP contribution in [-0.2, 0) is 0 Å². The Morgan fingerprint density at radius 1 is 1.18 bits per heavy atom. The molecule has 0 radical (unpaired) electrons. The van der Waals surface area contributed by atoms with Gasteiger partial charge in [-0.2, -0.15) is 0 Å². The van der Waals surface area contributed by atoms with Gasteiger partial charge < -0.3 is 9.59 Å². The maximum atomic E-state index is 8.62. The Balaban J connectivity index is 3.38. The molecular weight excluding hydrogens is 140 g/mol. The first-order chi connectivity index (χ1) is 4.95. The maximum absolute atomic E-state index is 8.62. The summed E-state index contributed by atoms with van der Waals surface area (Å²) in [5.41, 5.74) is 0. The lowest BCUT2D eigenvalue weighted by Crippen LogP contribution is -2.41. The highest BCUT2D eigenvalue weighted by atomic mass is 16.3. The fourth-order valence-electron chi connectivity index (χ4n) is 0.753. The van der Waals surface area contributed by atoms with Crippen LogP contribution in [0.4, 0.5) is 0 Å². The van der Waals surface area contributed by atoms with Crippen LogP contribution in [0.15, 0.2) is 0 Å². The molecule has 0 rings (SSSR count). The molecule has 0 aliphatic carbocycles. The molecule has 0 bridgehead atoms. The second-order valence-corrected chi connectivity index (χ2v) is 4.04. The first kappa shape index (κ1) is 10.9. The van der Waals surface area contributed by atoms with Gasteiger partial charge in [-0.15, -0.1) is 0 Å². The summed E-state index contributed by atoms with van der Waals surface area (Å²) in [6.07, 6.45) is 0. The number of quaternary nitrogens is 1. The summed E-state index contributed by atoms with van der Waals surface area (Å²) in [6.45, 7) is 3.20. The number of hydrogen-bond donors (Lipinski definition) is 1. The molecule has 0 unspecified atom stereocenters. The van der Waals surface area contributed by atoms with Gasteiger partial charge in [-0.05, 0) is 7.05 Å². The Bertz CT molecular complexity index is 98.8. The van der Waals surface area contributed by atoms with Crippen molar-refractivity contribution in [3.05, 3.63) is 0 Å². The van der Waals surface area contributed by atoms with E-state index in [0.717, 1.165) is 24.1 Å². The summed E-state index contributed by atoms with van der Waals surface area (Å²) >= 11 is 0. The van der Waals surface area contributed by atoms with E-state index in [4.69, 9.17) is 5.11 Å². The number of rotatable bonds is 5. The molecule has 0 saturated carbocycles. The normalized spacial score (nSPS) is 12.5. The van der Waals surface area contributed by atoms with Gasteiger partial charge in [-0.25, -0.2) is 0 Å². The topological polar surface area (TPSA) is 23.5 Å². The summed E-state index contributed by atoms with van der Waals surface area (Å²) in [4.78, 5) is 2.14. The molecule has 0 aliphatic rings. The number of aliphatic hydroxyl groups is 1. The molecule has 0 amide bonds. The van der Waals surface area contributed by atoms with Crippen LogP contribution in [0.25, 0.3) is 0 Å². The highest BCUT2D eigenvalue weighted by Crippen LogP contribution is 1.90. The van der Waals surface area contributed by atoms with Crippen LogP contribution < -0.4 is 0 Å². The third-order valence-electron chi connectivity index (χ3n) is 1.63. The highest BCUT2D eigenvalue weighted by molar-refractivity contribution is 4.47. The van der Waals surface area contributed by atoms with Crippen LogP contribution in [0.1, 0.15) is 0 Å². The molecule has 0 heterocycles. The Kier molecular flexibility index (Phi) is 4.65. The predicted molar refractivity (Wildman–Crippen MR) is 47.5 cm³/mol. The van der Waals surface area contributed by atoms with E-state index in [1.165, 1.54) is 0 Å². The van der Waals surface area contributed by atoms with Crippen LogP contribution in [0.2, 0.25) is 0 Å². The van der Waals surface area contributed by atoms with Gasteiger partial charge in [0.2, 0.25) is 0 Å². The van der Waals surface area contributed by atoms with Crippen molar-refractivity contribution >= 4 is 0 Å². The second kappa shape index (κ2) is 4.70. The number of nitrogens with zero attached hydrogens (tertiary/aromatic N) is 2. The number of likely N-dealkylation sites (N-methyl/N-ethyl adjacent to an activating group) is 2. The molecule has 0 aromatic carbocycles. The molecule has 1 N–H and O–H groups in total. The summed E-state index contributed by atoms with van der Waals surface area (Å²) in [5, 5.41) is 8.62. The average Bonchev–Trinajstić information content (AvgIpc) is 1.83. The van der Waals surface area contributed by atoms with Gasteiger partial charge in [0, 0.05) is 13.1 Å². The number of hydrogen-bond acceptors (Lipinski definition) is 2.